The molecule has 0 saturated heterocycles. The first-order valence-corrected chi connectivity index (χ1v) is 8.81. The number of hydrogen-bond donors (Lipinski definition) is 1. The third kappa shape index (κ3) is 1.75. The number of aliphatic hydroxyl groups is 1. The molecule has 0 spiro atoms. The monoisotopic (exact) mass is 314 g/mol. The van der Waals surface area contributed by atoms with Crippen LogP contribution in [0.25, 0.3) is 0 Å². The average Bonchev–Trinajstić information content (AvgIpc) is 2.96. The minimum absolute atomic E-state index is 0.0315. The summed E-state index contributed by atoms with van der Waals surface area (Å²) in [5.41, 5.74) is 1.12. The summed E-state index contributed by atoms with van der Waals surface area (Å²) in [7, 11) is 0. The Morgan fingerprint density at radius 1 is 1.22 bits per heavy atom. The number of carbonyl (C=O) groups is 2. The fourth-order valence-electron chi connectivity index (χ4n) is 6.02. The normalized spacial score (nSPS) is 47.9. The first kappa shape index (κ1) is 15.3. The molecule has 2 fully saturated rings. The third-order valence-corrected chi connectivity index (χ3v) is 7.33. The number of carbonyl (C=O) groups excluding carboxylic acids is 2. The third-order valence-electron chi connectivity index (χ3n) is 7.33. The van der Waals surface area contributed by atoms with Crippen molar-refractivity contribution in [3.8, 4) is 0 Å². The second-order valence-corrected chi connectivity index (χ2v) is 9.03. The average molecular weight is 314 g/mol. The van der Waals surface area contributed by atoms with Crippen molar-refractivity contribution in [3.63, 3.8) is 0 Å². The van der Waals surface area contributed by atoms with Gasteiger partial charge in [0.2, 0.25) is 0 Å². The zero-order chi connectivity index (χ0) is 16.9. The van der Waals surface area contributed by atoms with E-state index in [1.165, 1.54) is 0 Å². The number of fused-ring (bicyclic) bond motifs is 4. The maximum absolute atomic E-state index is 12.9. The number of Topliss-reactive ketones (excluding diaryl/α,β-unsaturated/α-hetero) is 2. The Bertz CT molecular complexity index is 679. The molecule has 6 atom stereocenters. The van der Waals surface area contributed by atoms with Crippen molar-refractivity contribution in [2.75, 3.05) is 0 Å². The molecular weight excluding hydrogens is 288 g/mol. The smallest absolute Gasteiger partial charge is 0.191 e. The molecule has 4 rings (SSSR count). The maximum Gasteiger partial charge on any atom is 0.191 e. The summed E-state index contributed by atoms with van der Waals surface area (Å²) >= 11 is 0. The van der Waals surface area contributed by atoms with Crippen LogP contribution in [-0.4, -0.2) is 22.3 Å². The fourth-order valence-corrected chi connectivity index (χ4v) is 6.02. The molecule has 4 aliphatic rings. The van der Waals surface area contributed by atoms with Crippen LogP contribution in [0.1, 0.15) is 47.0 Å². The summed E-state index contributed by atoms with van der Waals surface area (Å²) in [6.07, 6.45) is 2.22. The van der Waals surface area contributed by atoms with Gasteiger partial charge >= 0.3 is 0 Å². The van der Waals surface area contributed by atoms with Crippen LogP contribution in [0.15, 0.2) is 23.3 Å². The van der Waals surface area contributed by atoms with Gasteiger partial charge in [0.25, 0.3) is 0 Å². The lowest BCUT2D eigenvalue weighted by atomic mass is 9.64. The van der Waals surface area contributed by atoms with E-state index >= 15 is 0 Å². The van der Waals surface area contributed by atoms with Crippen molar-refractivity contribution in [1.29, 1.82) is 0 Å². The lowest BCUT2D eigenvalue weighted by Crippen LogP contribution is -2.39. The molecule has 0 unspecified atom stereocenters. The number of ketones is 2. The molecule has 2 saturated carbocycles. The van der Waals surface area contributed by atoms with Gasteiger partial charge in [-0.25, -0.2) is 0 Å². The van der Waals surface area contributed by atoms with Crippen molar-refractivity contribution in [2.45, 2.75) is 52.6 Å². The number of hydrogen-bond acceptors (Lipinski definition) is 3. The van der Waals surface area contributed by atoms with Crippen LogP contribution in [0.2, 0.25) is 0 Å². The quantitative estimate of drug-likeness (QED) is 0.699. The summed E-state index contributed by atoms with van der Waals surface area (Å²) in [5, 5.41) is 10.5. The van der Waals surface area contributed by atoms with Gasteiger partial charge in [0.15, 0.2) is 11.6 Å². The zero-order valence-electron chi connectivity index (χ0n) is 14.5. The Hall–Kier alpha value is -1.22. The van der Waals surface area contributed by atoms with Gasteiger partial charge < -0.3 is 5.11 Å². The van der Waals surface area contributed by atoms with E-state index in [-0.39, 0.29) is 41.2 Å². The van der Waals surface area contributed by atoms with Crippen LogP contribution < -0.4 is 0 Å². The van der Waals surface area contributed by atoms with Crippen LogP contribution in [0.4, 0.5) is 0 Å². The van der Waals surface area contributed by atoms with Crippen LogP contribution in [0.5, 0.6) is 0 Å². The highest BCUT2D eigenvalue weighted by atomic mass is 16.3. The van der Waals surface area contributed by atoms with Crippen LogP contribution in [-0.2, 0) is 9.59 Å². The number of allylic oxidation sites excluding steroid dienone is 1. The van der Waals surface area contributed by atoms with E-state index in [2.05, 4.69) is 20.4 Å². The summed E-state index contributed by atoms with van der Waals surface area (Å²) in [4.78, 5) is 25.7. The SMILES string of the molecule is C=C1CC[C@H]2[C@@H]([C@@H]3[C@@H]1C1=C(C[C@@](C)(O)C1=O)C(=O)[C@H]3C)C2(C)C. The molecule has 0 aliphatic heterocycles. The highest BCUT2D eigenvalue weighted by molar-refractivity contribution is 6.16. The Labute approximate surface area is 137 Å². The largest absolute Gasteiger partial charge is 0.382 e. The molecular formula is C20H26O3. The lowest BCUT2D eigenvalue weighted by Gasteiger charge is -2.38. The Morgan fingerprint density at radius 3 is 2.52 bits per heavy atom. The second kappa shape index (κ2) is 4.24. The molecule has 0 aromatic carbocycles. The lowest BCUT2D eigenvalue weighted by molar-refractivity contribution is -0.130. The molecule has 0 bridgehead atoms. The van der Waals surface area contributed by atoms with Gasteiger partial charge in [-0.05, 0) is 42.9 Å². The maximum atomic E-state index is 12.9. The van der Waals surface area contributed by atoms with Crippen molar-refractivity contribution in [2.24, 2.45) is 35.0 Å². The molecule has 0 aromatic rings. The predicted octanol–water partition coefficient (Wildman–Crippen LogP) is 3.08. The zero-order valence-corrected chi connectivity index (χ0v) is 14.5. The highest BCUT2D eigenvalue weighted by Crippen LogP contribution is 2.70. The van der Waals surface area contributed by atoms with Crippen molar-refractivity contribution < 1.29 is 14.7 Å². The van der Waals surface area contributed by atoms with Crippen molar-refractivity contribution in [3.05, 3.63) is 23.3 Å². The predicted molar refractivity (Wildman–Crippen MR) is 87.6 cm³/mol. The minimum Gasteiger partial charge on any atom is -0.382 e. The van der Waals surface area contributed by atoms with Gasteiger partial charge in [-0.2, -0.15) is 0 Å². The molecule has 3 heteroatoms. The van der Waals surface area contributed by atoms with Gasteiger partial charge in [-0.3, -0.25) is 9.59 Å². The van der Waals surface area contributed by atoms with Gasteiger partial charge in [-0.1, -0.05) is 32.9 Å². The Balaban J connectivity index is 1.87. The fraction of sp³-hybridized carbons (Fsp3) is 0.700. The highest BCUT2D eigenvalue weighted by Gasteiger charge is 2.67. The summed E-state index contributed by atoms with van der Waals surface area (Å²) in [6.45, 7) is 12.4. The van der Waals surface area contributed by atoms with E-state index in [0.29, 0.717) is 23.0 Å². The first-order valence-electron chi connectivity index (χ1n) is 8.81. The van der Waals surface area contributed by atoms with Crippen LogP contribution >= 0.6 is 0 Å². The van der Waals surface area contributed by atoms with Crippen molar-refractivity contribution in [1.82, 2.24) is 0 Å². The molecule has 3 nitrogen and oxygen atoms in total. The van der Waals surface area contributed by atoms with Gasteiger partial charge in [0, 0.05) is 29.4 Å². The van der Waals surface area contributed by atoms with E-state index < -0.39 is 5.60 Å². The number of rotatable bonds is 0. The summed E-state index contributed by atoms with van der Waals surface area (Å²) < 4.78 is 0. The molecule has 0 amide bonds. The van der Waals surface area contributed by atoms with Gasteiger partial charge in [-0.15, -0.1) is 0 Å². The van der Waals surface area contributed by atoms with E-state index in [1.54, 1.807) is 6.92 Å². The molecule has 1 N–H and O–H groups in total. The van der Waals surface area contributed by atoms with E-state index in [9.17, 15) is 14.7 Å². The van der Waals surface area contributed by atoms with Crippen LogP contribution in [0, 0.1) is 35.0 Å². The summed E-state index contributed by atoms with van der Waals surface area (Å²) in [5.74, 6) is 1.03. The molecule has 23 heavy (non-hydrogen) atoms. The molecule has 4 aliphatic carbocycles. The van der Waals surface area contributed by atoms with E-state index in [0.717, 1.165) is 18.4 Å². The standard InChI is InChI=1S/C20H26O3/c1-9-6-7-12-16(19(12,3)4)14-10(2)17(21)11-8-20(5,23)18(22)15(11)13(9)14/h10,12-14,16,23H,1,6-8H2,2-5H3/t10-,12-,13+,14-,16-,20+/m0/s1. The molecule has 0 heterocycles. The summed E-state index contributed by atoms with van der Waals surface area (Å²) in [6, 6.07) is 0. The molecule has 0 aromatic heterocycles. The second-order valence-electron chi connectivity index (χ2n) is 9.03. The van der Waals surface area contributed by atoms with E-state index in [1.807, 2.05) is 6.92 Å². The van der Waals surface area contributed by atoms with Crippen molar-refractivity contribution >= 4 is 11.6 Å². The van der Waals surface area contributed by atoms with E-state index in [4.69, 9.17) is 0 Å². The Morgan fingerprint density at radius 2 is 1.87 bits per heavy atom. The topological polar surface area (TPSA) is 54.4 Å². The molecule has 124 valence electrons. The minimum atomic E-state index is -1.42. The molecule has 0 radical (unpaired) electrons. The van der Waals surface area contributed by atoms with Crippen LogP contribution in [0.3, 0.4) is 0 Å². The Kier molecular flexibility index (Phi) is 2.82. The van der Waals surface area contributed by atoms with Gasteiger partial charge in [0.05, 0.1) is 0 Å². The first-order chi connectivity index (χ1) is 10.6. The van der Waals surface area contributed by atoms with Gasteiger partial charge in [0.1, 0.15) is 5.60 Å².